The van der Waals surface area contributed by atoms with Crippen molar-refractivity contribution in [3.63, 3.8) is 0 Å². The number of amides is 2. The molecule has 3 aliphatic carbocycles. The zero-order valence-corrected chi connectivity index (χ0v) is 30.8. The lowest BCUT2D eigenvalue weighted by molar-refractivity contribution is -0.124. The maximum atomic E-state index is 14.5. The first-order valence-corrected chi connectivity index (χ1v) is 19.2. The molecule has 11 heteroatoms. The Hall–Kier alpha value is -3.99. The first-order chi connectivity index (χ1) is 24.7. The number of pyridine rings is 2. The van der Waals surface area contributed by atoms with Crippen molar-refractivity contribution in [2.45, 2.75) is 109 Å². The Labute approximate surface area is 302 Å². The van der Waals surface area contributed by atoms with Crippen LogP contribution in [-0.4, -0.2) is 88.7 Å². The van der Waals surface area contributed by atoms with E-state index in [0.717, 1.165) is 85.9 Å². The molecule has 0 N–H and O–H groups in total. The van der Waals surface area contributed by atoms with Crippen molar-refractivity contribution in [1.29, 1.82) is 0 Å². The molecule has 51 heavy (non-hydrogen) atoms. The standard InChI is InChI=1S/C40H54N6O5/c1-26(2)44-19-21-45(22-20-44)40(48)51-33-13-11-31(12-14-33)39(47)46(37-23-32(17-18-41-37)35-25-50-38(43-35)30-9-10-30)24-28-5-7-29(8-6-28)34-15-16-36(49-4)27(3)42-34/h15-18,23,25-26,28-31,33H,5-14,19-22,24H2,1-4H3. The molecule has 0 bridgehead atoms. The van der Waals surface area contributed by atoms with Gasteiger partial charge in [-0.3, -0.25) is 19.6 Å². The van der Waals surface area contributed by atoms with E-state index in [1.807, 2.05) is 34.9 Å². The number of hydrogen-bond acceptors (Lipinski definition) is 9. The Morgan fingerprint density at radius 1 is 0.922 bits per heavy atom. The van der Waals surface area contributed by atoms with Crippen molar-refractivity contribution in [3.05, 3.63) is 54.0 Å². The molecule has 0 spiro atoms. The number of rotatable bonds is 10. The summed E-state index contributed by atoms with van der Waals surface area (Å²) >= 11 is 0. The number of aromatic nitrogens is 3. The summed E-state index contributed by atoms with van der Waals surface area (Å²) in [5, 5.41) is 0. The third kappa shape index (κ3) is 8.40. The number of nitrogens with zero attached hydrogens (tertiary/aromatic N) is 6. The van der Waals surface area contributed by atoms with Gasteiger partial charge in [-0.2, -0.15) is 0 Å². The summed E-state index contributed by atoms with van der Waals surface area (Å²) in [6.07, 6.45) is 12.2. The Balaban J connectivity index is 1.01. The van der Waals surface area contributed by atoms with Crippen LogP contribution in [0.4, 0.5) is 10.6 Å². The van der Waals surface area contributed by atoms with Gasteiger partial charge in [-0.25, -0.2) is 14.8 Å². The molecule has 0 radical (unpaired) electrons. The summed E-state index contributed by atoms with van der Waals surface area (Å²) in [4.78, 5) is 48.0. The van der Waals surface area contributed by atoms with Gasteiger partial charge >= 0.3 is 6.09 Å². The summed E-state index contributed by atoms with van der Waals surface area (Å²) < 4.78 is 17.2. The number of piperazine rings is 1. The van der Waals surface area contributed by atoms with E-state index in [4.69, 9.17) is 28.8 Å². The Kier molecular flexibility index (Phi) is 10.9. The zero-order chi connectivity index (χ0) is 35.5. The van der Waals surface area contributed by atoms with Crippen LogP contribution in [0.1, 0.15) is 107 Å². The average Bonchev–Trinajstić information content (AvgIpc) is 3.89. The van der Waals surface area contributed by atoms with Crippen molar-refractivity contribution < 1.29 is 23.5 Å². The molecule has 1 saturated heterocycles. The van der Waals surface area contributed by atoms with Gasteiger partial charge in [0.15, 0.2) is 5.89 Å². The lowest BCUT2D eigenvalue weighted by atomic mass is 9.79. The predicted octanol–water partition coefficient (Wildman–Crippen LogP) is 7.35. The second-order valence-corrected chi connectivity index (χ2v) is 15.4. The van der Waals surface area contributed by atoms with Gasteiger partial charge in [0, 0.05) is 74.0 Å². The number of anilines is 1. The minimum atomic E-state index is -0.218. The number of carbonyl (C=O) groups is 2. The number of oxazole rings is 1. The van der Waals surface area contributed by atoms with Gasteiger partial charge in [-0.15, -0.1) is 0 Å². The number of ether oxygens (including phenoxy) is 2. The smallest absolute Gasteiger partial charge is 0.410 e. The SMILES string of the molecule is COc1ccc(C2CCC(CN(C(=O)C3CCC(OC(=O)N4CCN(C(C)C)CC4)CC3)c3cc(-c4coc(C5CC5)n4)ccn3)CC2)nc1C. The third-order valence-electron chi connectivity index (χ3n) is 11.6. The monoisotopic (exact) mass is 698 g/mol. The van der Waals surface area contributed by atoms with Gasteiger partial charge in [0.1, 0.15) is 29.6 Å². The van der Waals surface area contributed by atoms with Gasteiger partial charge in [-0.05, 0) is 115 Å². The third-order valence-corrected chi connectivity index (χ3v) is 11.6. The molecular weight excluding hydrogens is 644 g/mol. The Morgan fingerprint density at radius 3 is 2.31 bits per heavy atom. The molecule has 11 nitrogen and oxygen atoms in total. The van der Waals surface area contributed by atoms with E-state index in [9.17, 15) is 9.59 Å². The van der Waals surface area contributed by atoms with Crippen molar-refractivity contribution in [2.75, 3.05) is 44.7 Å². The molecule has 3 aromatic rings. The van der Waals surface area contributed by atoms with Crippen molar-refractivity contribution in [3.8, 4) is 17.0 Å². The molecule has 1 aliphatic heterocycles. The molecule has 4 aliphatic rings. The highest BCUT2D eigenvalue weighted by molar-refractivity contribution is 5.94. The number of methoxy groups -OCH3 is 1. The van der Waals surface area contributed by atoms with E-state index >= 15 is 0 Å². The van der Waals surface area contributed by atoms with Crippen molar-refractivity contribution >= 4 is 17.8 Å². The van der Waals surface area contributed by atoms with Crippen molar-refractivity contribution in [1.82, 2.24) is 24.8 Å². The van der Waals surface area contributed by atoms with E-state index in [0.29, 0.717) is 74.9 Å². The van der Waals surface area contributed by atoms with Crippen LogP contribution in [-0.2, 0) is 9.53 Å². The van der Waals surface area contributed by atoms with Crippen LogP contribution in [0.2, 0.25) is 0 Å². The van der Waals surface area contributed by atoms with Crippen LogP contribution in [0.3, 0.4) is 0 Å². The first kappa shape index (κ1) is 35.4. The summed E-state index contributed by atoms with van der Waals surface area (Å²) in [5.41, 5.74) is 3.74. The highest BCUT2D eigenvalue weighted by Gasteiger charge is 2.36. The summed E-state index contributed by atoms with van der Waals surface area (Å²) in [6, 6.07) is 8.54. The van der Waals surface area contributed by atoms with E-state index in [2.05, 4.69) is 24.8 Å². The highest BCUT2D eigenvalue weighted by Crippen LogP contribution is 2.41. The molecule has 4 fully saturated rings. The molecule has 3 saturated carbocycles. The lowest BCUT2D eigenvalue weighted by Crippen LogP contribution is -2.51. The van der Waals surface area contributed by atoms with E-state index in [1.54, 1.807) is 19.6 Å². The second-order valence-electron chi connectivity index (χ2n) is 15.4. The van der Waals surface area contributed by atoms with Crippen LogP contribution in [0.5, 0.6) is 5.75 Å². The molecule has 274 valence electrons. The average molecular weight is 699 g/mol. The van der Waals surface area contributed by atoms with Crippen LogP contribution < -0.4 is 9.64 Å². The summed E-state index contributed by atoms with van der Waals surface area (Å²) in [6.45, 7) is 10.1. The zero-order valence-electron chi connectivity index (χ0n) is 30.8. The molecule has 3 aromatic heterocycles. The largest absolute Gasteiger partial charge is 0.495 e. The molecule has 0 aromatic carbocycles. The fraction of sp³-hybridized carbons (Fsp3) is 0.625. The summed E-state index contributed by atoms with van der Waals surface area (Å²) in [5.74, 6) is 3.44. The van der Waals surface area contributed by atoms with Crippen molar-refractivity contribution in [2.24, 2.45) is 11.8 Å². The first-order valence-electron chi connectivity index (χ1n) is 19.2. The second kappa shape index (κ2) is 15.7. The minimum absolute atomic E-state index is 0.114. The van der Waals surface area contributed by atoms with Crippen LogP contribution >= 0.6 is 0 Å². The normalized spacial score (nSPS) is 24.4. The fourth-order valence-corrected chi connectivity index (χ4v) is 8.16. The molecule has 2 amide bonds. The molecular formula is C40H54N6O5. The Morgan fingerprint density at radius 2 is 1.65 bits per heavy atom. The molecule has 0 unspecified atom stereocenters. The van der Waals surface area contributed by atoms with Crippen LogP contribution in [0.15, 0.2) is 41.1 Å². The number of hydrogen-bond donors (Lipinski definition) is 0. The van der Waals surface area contributed by atoms with Gasteiger partial charge in [0.2, 0.25) is 5.91 Å². The maximum Gasteiger partial charge on any atom is 0.410 e. The minimum Gasteiger partial charge on any atom is -0.495 e. The number of carbonyl (C=O) groups excluding carboxylic acids is 2. The van der Waals surface area contributed by atoms with Gasteiger partial charge in [0.25, 0.3) is 0 Å². The fourth-order valence-electron chi connectivity index (χ4n) is 8.16. The van der Waals surface area contributed by atoms with Gasteiger partial charge in [-0.1, -0.05) is 0 Å². The topological polar surface area (TPSA) is 114 Å². The van der Waals surface area contributed by atoms with E-state index in [1.165, 1.54) is 0 Å². The predicted molar refractivity (Wildman–Crippen MR) is 195 cm³/mol. The Bertz CT molecular complexity index is 1650. The lowest BCUT2D eigenvalue weighted by Gasteiger charge is -2.38. The van der Waals surface area contributed by atoms with Gasteiger partial charge in [0.05, 0.1) is 12.8 Å². The van der Waals surface area contributed by atoms with E-state index in [-0.39, 0.29) is 24.0 Å². The van der Waals surface area contributed by atoms with Crippen LogP contribution in [0.25, 0.3) is 11.3 Å². The molecule has 0 atom stereocenters. The quantitative estimate of drug-likeness (QED) is 0.214. The van der Waals surface area contributed by atoms with Crippen LogP contribution in [0, 0.1) is 18.8 Å². The highest BCUT2D eigenvalue weighted by atomic mass is 16.6. The number of aryl methyl sites for hydroxylation is 1. The van der Waals surface area contributed by atoms with E-state index < -0.39 is 0 Å². The summed E-state index contributed by atoms with van der Waals surface area (Å²) in [7, 11) is 1.68. The molecule has 4 heterocycles. The van der Waals surface area contributed by atoms with Gasteiger partial charge < -0.3 is 18.8 Å². The maximum absolute atomic E-state index is 14.5. The molecule has 7 rings (SSSR count).